The molecule has 0 bridgehead atoms. The van der Waals surface area contributed by atoms with Gasteiger partial charge in [0.25, 0.3) is 11.6 Å². The van der Waals surface area contributed by atoms with Crippen molar-refractivity contribution in [2.24, 2.45) is 0 Å². The Kier molecular flexibility index (Phi) is 6.33. The molecule has 0 N–H and O–H groups in total. The third-order valence-electron chi connectivity index (χ3n) is 4.48. The maximum Gasteiger partial charge on any atom is 0.269 e. The number of nitro benzene ring substituents is 1. The maximum atomic E-state index is 12.8. The number of non-ortho nitro benzene ring substituents is 1. The first kappa shape index (κ1) is 20.2. The normalized spacial score (nSPS) is 10.7. The quantitative estimate of drug-likeness (QED) is 0.422. The molecule has 0 atom stereocenters. The van der Waals surface area contributed by atoms with Gasteiger partial charge in [-0.25, -0.2) is 0 Å². The van der Waals surface area contributed by atoms with E-state index in [4.69, 9.17) is 4.52 Å². The van der Waals surface area contributed by atoms with E-state index in [2.05, 4.69) is 10.1 Å². The maximum absolute atomic E-state index is 12.8. The fourth-order valence-electron chi connectivity index (χ4n) is 2.90. The minimum Gasteiger partial charge on any atom is -0.339 e. The molecule has 150 valence electrons. The summed E-state index contributed by atoms with van der Waals surface area (Å²) in [5.74, 6) is 0.750. The summed E-state index contributed by atoms with van der Waals surface area (Å²) >= 11 is 0. The average Bonchev–Trinajstić information content (AvgIpc) is 3.20. The molecule has 2 aromatic carbocycles. The monoisotopic (exact) mass is 394 g/mol. The summed E-state index contributed by atoms with van der Waals surface area (Å²) in [7, 11) is 0. The van der Waals surface area contributed by atoms with Crippen LogP contribution in [-0.2, 0) is 6.42 Å². The SMILES string of the molecule is CCCN(CCc1nc(-c2ccc([N+](=O)[O-])cc2)no1)C(=O)c1ccc(C)cc1. The molecule has 1 aromatic heterocycles. The predicted octanol–water partition coefficient (Wildman–Crippen LogP) is 4.05. The number of rotatable bonds is 8. The van der Waals surface area contributed by atoms with Gasteiger partial charge in [0, 0.05) is 42.8 Å². The minimum atomic E-state index is -0.460. The standard InChI is InChI=1S/C21H22N4O4/c1-3-13-24(21(26)17-6-4-15(2)5-7-17)14-12-19-22-20(23-29-19)16-8-10-18(11-9-16)25(27)28/h4-11H,3,12-14H2,1-2H3. The Hall–Kier alpha value is -3.55. The number of nitro groups is 1. The second kappa shape index (κ2) is 9.09. The molecule has 0 unspecified atom stereocenters. The molecule has 1 amide bonds. The van der Waals surface area contributed by atoms with Crippen LogP contribution < -0.4 is 0 Å². The van der Waals surface area contributed by atoms with Crippen LogP contribution in [0.15, 0.2) is 53.1 Å². The first-order valence-electron chi connectivity index (χ1n) is 9.41. The fraction of sp³-hybridized carbons (Fsp3) is 0.286. The Bertz CT molecular complexity index is 981. The summed E-state index contributed by atoms with van der Waals surface area (Å²) in [4.78, 5) is 29.2. The van der Waals surface area contributed by atoms with Crippen molar-refractivity contribution < 1.29 is 14.2 Å². The highest BCUT2D eigenvalue weighted by atomic mass is 16.6. The van der Waals surface area contributed by atoms with Gasteiger partial charge in [-0.15, -0.1) is 0 Å². The van der Waals surface area contributed by atoms with Gasteiger partial charge in [0.2, 0.25) is 11.7 Å². The molecule has 0 saturated heterocycles. The van der Waals surface area contributed by atoms with E-state index in [1.54, 1.807) is 17.0 Å². The Morgan fingerprint density at radius 2 is 1.79 bits per heavy atom. The number of aromatic nitrogens is 2. The smallest absolute Gasteiger partial charge is 0.269 e. The van der Waals surface area contributed by atoms with Crippen molar-refractivity contribution in [2.45, 2.75) is 26.7 Å². The van der Waals surface area contributed by atoms with Crippen molar-refractivity contribution >= 4 is 11.6 Å². The summed E-state index contributed by atoms with van der Waals surface area (Å²) in [6.45, 7) is 5.10. The van der Waals surface area contributed by atoms with Crippen molar-refractivity contribution in [1.29, 1.82) is 0 Å². The highest BCUT2D eigenvalue weighted by Crippen LogP contribution is 2.20. The zero-order valence-electron chi connectivity index (χ0n) is 16.4. The molecule has 1 heterocycles. The molecule has 0 aliphatic rings. The summed E-state index contributed by atoms with van der Waals surface area (Å²) in [5, 5.41) is 14.7. The van der Waals surface area contributed by atoms with E-state index in [1.807, 2.05) is 38.1 Å². The first-order chi connectivity index (χ1) is 14.0. The van der Waals surface area contributed by atoms with E-state index in [0.29, 0.717) is 42.4 Å². The number of carbonyl (C=O) groups is 1. The zero-order valence-corrected chi connectivity index (χ0v) is 16.4. The van der Waals surface area contributed by atoms with Crippen molar-refractivity contribution in [3.63, 3.8) is 0 Å². The zero-order chi connectivity index (χ0) is 20.8. The van der Waals surface area contributed by atoms with Crippen LogP contribution in [0.4, 0.5) is 5.69 Å². The van der Waals surface area contributed by atoms with Gasteiger partial charge in [-0.3, -0.25) is 14.9 Å². The molecule has 3 aromatic rings. The second-order valence-electron chi connectivity index (χ2n) is 6.72. The average molecular weight is 394 g/mol. The lowest BCUT2D eigenvalue weighted by atomic mass is 10.1. The summed E-state index contributed by atoms with van der Waals surface area (Å²) in [6, 6.07) is 13.5. The van der Waals surface area contributed by atoms with Crippen LogP contribution in [0.1, 0.15) is 35.2 Å². The second-order valence-corrected chi connectivity index (χ2v) is 6.72. The molecule has 0 aliphatic carbocycles. The highest BCUT2D eigenvalue weighted by molar-refractivity contribution is 5.94. The minimum absolute atomic E-state index is 0.00212. The Balaban J connectivity index is 1.66. The van der Waals surface area contributed by atoms with Crippen molar-refractivity contribution in [3.8, 4) is 11.4 Å². The molecule has 29 heavy (non-hydrogen) atoms. The fourth-order valence-corrected chi connectivity index (χ4v) is 2.90. The molecular weight excluding hydrogens is 372 g/mol. The van der Waals surface area contributed by atoms with Crippen LogP contribution in [0.3, 0.4) is 0 Å². The molecule has 0 fully saturated rings. The van der Waals surface area contributed by atoms with E-state index < -0.39 is 4.92 Å². The number of amides is 1. The largest absolute Gasteiger partial charge is 0.339 e. The van der Waals surface area contributed by atoms with E-state index in [9.17, 15) is 14.9 Å². The number of hydrogen-bond acceptors (Lipinski definition) is 6. The molecule has 0 saturated carbocycles. The highest BCUT2D eigenvalue weighted by Gasteiger charge is 2.17. The third-order valence-corrected chi connectivity index (χ3v) is 4.48. The Labute approximate surface area is 168 Å². The molecule has 8 nitrogen and oxygen atoms in total. The van der Waals surface area contributed by atoms with E-state index in [1.165, 1.54) is 12.1 Å². The van der Waals surface area contributed by atoms with Gasteiger partial charge in [0.05, 0.1) is 4.92 Å². The van der Waals surface area contributed by atoms with Gasteiger partial charge in [-0.2, -0.15) is 4.98 Å². The summed E-state index contributed by atoms with van der Waals surface area (Å²) < 4.78 is 5.29. The lowest BCUT2D eigenvalue weighted by Gasteiger charge is -2.21. The van der Waals surface area contributed by atoms with E-state index in [0.717, 1.165) is 12.0 Å². The van der Waals surface area contributed by atoms with Crippen LogP contribution in [0.5, 0.6) is 0 Å². The molecule has 0 radical (unpaired) electrons. The molecule has 3 rings (SSSR count). The number of aryl methyl sites for hydroxylation is 1. The molecule has 0 aliphatic heterocycles. The van der Waals surface area contributed by atoms with Crippen LogP contribution in [-0.4, -0.2) is 39.0 Å². The van der Waals surface area contributed by atoms with E-state index >= 15 is 0 Å². The van der Waals surface area contributed by atoms with Gasteiger partial charge < -0.3 is 9.42 Å². The van der Waals surface area contributed by atoms with E-state index in [-0.39, 0.29) is 11.6 Å². The number of carbonyl (C=O) groups excluding carboxylic acids is 1. The summed E-state index contributed by atoms with van der Waals surface area (Å²) in [5.41, 5.74) is 2.39. The first-order valence-corrected chi connectivity index (χ1v) is 9.41. The van der Waals surface area contributed by atoms with Gasteiger partial charge >= 0.3 is 0 Å². The Morgan fingerprint density at radius 3 is 2.41 bits per heavy atom. The van der Waals surface area contributed by atoms with Crippen LogP contribution in [0, 0.1) is 17.0 Å². The topological polar surface area (TPSA) is 102 Å². The van der Waals surface area contributed by atoms with Crippen LogP contribution in [0.25, 0.3) is 11.4 Å². The predicted molar refractivity (Wildman–Crippen MR) is 107 cm³/mol. The van der Waals surface area contributed by atoms with Crippen molar-refractivity contribution in [1.82, 2.24) is 15.0 Å². The molecule has 0 spiro atoms. The Morgan fingerprint density at radius 1 is 1.10 bits per heavy atom. The van der Waals surface area contributed by atoms with Gasteiger partial charge in [0.1, 0.15) is 0 Å². The van der Waals surface area contributed by atoms with Crippen LogP contribution >= 0.6 is 0 Å². The lowest BCUT2D eigenvalue weighted by molar-refractivity contribution is -0.384. The molecular formula is C21H22N4O4. The van der Waals surface area contributed by atoms with Gasteiger partial charge in [0.15, 0.2) is 0 Å². The number of nitrogens with zero attached hydrogens (tertiary/aromatic N) is 4. The van der Waals surface area contributed by atoms with Gasteiger partial charge in [-0.1, -0.05) is 29.8 Å². The summed E-state index contributed by atoms with van der Waals surface area (Å²) in [6.07, 6.45) is 1.27. The number of benzene rings is 2. The number of hydrogen-bond donors (Lipinski definition) is 0. The molecule has 8 heteroatoms. The van der Waals surface area contributed by atoms with Crippen LogP contribution in [0.2, 0.25) is 0 Å². The van der Waals surface area contributed by atoms with Crippen molar-refractivity contribution in [3.05, 3.63) is 75.7 Å². The van der Waals surface area contributed by atoms with Crippen molar-refractivity contribution in [2.75, 3.05) is 13.1 Å². The van der Waals surface area contributed by atoms with Gasteiger partial charge in [-0.05, 0) is 37.6 Å². The lowest BCUT2D eigenvalue weighted by Crippen LogP contribution is -2.33. The third kappa shape index (κ3) is 5.04.